The monoisotopic (exact) mass is 279 g/mol. The SMILES string of the molecule is C[C@@H]1C(=O)/C=C/C(C)(C)C[C@H]2O[C@@]2(C)CC[C@@H]1N(C)C. The van der Waals surface area contributed by atoms with Crippen LogP contribution in [0.5, 0.6) is 0 Å². The van der Waals surface area contributed by atoms with Gasteiger partial charge in [0.2, 0.25) is 0 Å². The highest BCUT2D eigenvalue weighted by atomic mass is 16.6. The molecule has 2 aliphatic rings. The second-order valence-corrected chi connectivity index (χ2v) is 7.71. The Kier molecular flexibility index (Phi) is 4.14. The first kappa shape index (κ1) is 15.7. The summed E-state index contributed by atoms with van der Waals surface area (Å²) in [4.78, 5) is 14.6. The molecular formula is C17H29NO2. The van der Waals surface area contributed by atoms with E-state index in [0.717, 1.165) is 19.3 Å². The van der Waals surface area contributed by atoms with Crippen molar-refractivity contribution in [1.82, 2.24) is 4.90 Å². The molecule has 1 saturated heterocycles. The largest absolute Gasteiger partial charge is 0.366 e. The minimum atomic E-state index is 0.0203. The van der Waals surface area contributed by atoms with Gasteiger partial charge in [-0.15, -0.1) is 0 Å². The summed E-state index contributed by atoms with van der Waals surface area (Å²) >= 11 is 0. The van der Waals surface area contributed by atoms with Crippen molar-refractivity contribution in [2.24, 2.45) is 11.3 Å². The zero-order valence-electron chi connectivity index (χ0n) is 13.8. The highest BCUT2D eigenvalue weighted by molar-refractivity contribution is 5.92. The molecule has 20 heavy (non-hydrogen) atoms. The van der Waals surface area contributed by atoms with E-state index < -0.39 is 0 Å². The average molecular weight is 279 g/mol. The fraction of sp³-hybridized carbons (Fsp3) is 0.824. The Morgan fingerprint density at radius 1 is 1.30 bits per heavy atom. The minimum Gasteiger partial charge on any atom is -0.366 e. The van der Waals surface area contributed by atoms with Crippen LogP contribution in [0.15, 0.2) is 12.2 Å². The average Bonchev–Trinajstić information content (AvgIpc) is 2.94. The van der Waals surface area contributed by atoms with Crippen LogP contribution in [0.4, 0.5) is 0 Å². The van der Waals surface area contributed by atoms with Crippen molar-refractivity contribution in [2.45, 2.75) is 64.7 Å². The summed E-state index contributed by atoms with van der Waals surface area (Å²) in [7, 11) is 4.13. The van der Waals surface area contributed by atoms with Gasteiger partial charge in [-0.3, -0.25) is 4.79 Å². The van der Waals surface area contributed by atoms with Crippen LogP contribution >= 0.6 is 0 Å². The molecule has 1 aliphatic heterocycles. The summed E-state index contributed by atoms with van der Waals surface area (Å²) in [5, 5.41) is 0. The van der Waals surface area contributed by atoms with Crippen molar-refractivity contribution in [1.29, 1.82) is 0 Å². The first-order chi connectivity index (χ1) is 9.15. The van der Waals surface area contributed by atoms with Gasteiger partial charge in [0.25, 0.3) is 0 Å². The zero-order chi connectivity index (χ0) is 15.1. The van der Waals surface area contributed by atoms with Crippen molar-refractivity contribution in [3.8, 4) is 0 Å². The first-order valence-electron chi connectivity index (χ1n) is 7.72. The number of hydrogen-bond acceptors (Lipinski definition) is 3. The maximum Gasteiger partial charge on any atom is 0.159 e. The fourth-order valence-corrected chi connectivity index (χ4v) is 3.35. The third kappa shape index (κ3) is 3.32. The van der Waals surface area contributed by atoms with Gasteiger partial charge < -0.3 is 9.64 Å². The molecule has 0 spiro atoms. The molecule has 0 unspecified atom stereocenters. The second-order valence-electron chi connectivity index (χ2n) is 7.71. The summed E-state index contributed by atoms with van der Waals surface area (Å²) in [6.45, 7) is 8.64. The number of rotatable bonds is 1. The molecule has 114 valence electrons. The Bertz CT molecular complexity index is 413. The van der Waals surface area contributed by atoms with Crippen LogP contribution in [-0.4, -0.2) is 42.5 Å². The van der Waals surface area contributed by atoms with E-state index in [1.165, 1.54) is 0 Å². The maximum atomic E-state index is 12.4. The molecule has 0 amide bonds. The molecular weight excluding hydrogens is 250 g/mol. The van der Waals surface area contributed by atoms with E-state index in [1.54, 1.807) is 6.08 Å². The molecule has 0 radical (unpaired) electrons. The topological polar surface area (TPSA) is 32.8 Å². The standard InChI is InChI=1S/C17H29NO2/c1-12-13(18(5)6)7-10-17(4)15(20-17)11-16(2,3)9-8-14(12)19/h8-9,12-13,15H,7,10-11H2,1-6H3/b9-8+/t12-,13-,15+,17-/m0/s1. The number of epoxide rings is 1. The van der Waals surface area contributed by atoms with Crippen molar-refractivity contribution in [3.63, 3.8) is 0 Å². The molecule has 1 fully saturated rings. The van der Waals surface area contributed by atoms with Gasteiger partial charge in [0.05, 0.1) is 11.7 Å². The summed E-state index contributed by atoms with van der Waals surface area (Å²) < 4.78 is 5.97. The molecule has 0 aromatic rings. The predicted molar refractivity (Wildman–Crippen MR) is 81.7 cm³/mol. The summed E-state index contributed by atoms with van der Waals surface area (Å²) in [6, 6.07) is 0.287. The van der Waals surface area contributed by atoms with Crippen LogP contribution in [0.3, 0.4) is 0 Å². The van der Waals surface area contributed by atoms with Gasteiger partial charge in [-0.25, -0.2) is 0 Å². The van der Waals surface area contributed by atoms with Gasteiger partial charge in [0.1, 0.15) is 0 Å². The second kappa shape index (κ2) is 5.27. The number of nitrogens with zero attached hydrogens (tertiary/aromatic N) is 1. The number of ketones is 1. The molecule has 1 heterocycles. The highest BCUT2D eigenvalue weighted by Crippen LogP contribution is 2.47. The van der Waals surface area contributed by atoms with E-state index in [4.69, 9.17) is 4.74 Å². The molecule has 0 N–H and O–H groups in total. The van der Waals surface area contributed by atoms with E-state index in [9.17, 15) is 4.79 Å². The Morgan fingerprint density at radius 2 is 1.95 bits per heavy atom. The number of carbonyl (C=O) groups is 1. The van der Waals surface area contributed by atoms with Crippen LogP contribution in [0.2, 0.25) is 0 Å². The van der Waals surface area contributed by atoms with Crippen LogP contribution in [0.25, 0.3) is 0 Å². The lowest BCUT2D eigenvalue weighted by Crippen LogP contribution is -2.38. The van der Waals surface area contributed by atoms with Gasteiger partial charge in [-0.2, -0.15) is 0 Å². The van der Waals surface area contributed by atoms with Gasteiger partial charge in [-0.05, 0) is 51.8 Å². The van der Waals surface area contributed by atoms with Gasteiger partial charge in [0, 0.05) is 12.0 Å². The molecule has 0 bridgehead atoms. The van der Waals surface area contributed by atoms with E-state index in [1.807, 2.05) is 0 Å². The lowest BCUT2D eigenvalue weighted by molar-refractivity contribution is -0.119. The van der Waals surface area contributed by atoms with Crippen LogP contribution < -0.4 is 0 Å². The molecule has 2 rings (SSSR count). The Balaban J connectivity index is 2.23. The van der Waals surface area contributed by atoms with Crippen LogP contribution in [0.1, 0.15) is 47.0 Å². The third-order valence-corrected chi connectivity index (χ3v) is 5.07. The summed E-state index contributed by atoms with van der Waals surface area (Å²) in [5.41, 5.74) is 0.0439. The van der Waals surface area contributed by atoms with E-state index in [0.29, 0.717) is 6.10 Å². The Labute approximate surface area is 123 Å². The zero-order valence-corrected chi connectivity index (χ0v) is 13.8. The Morgan fingerprint density at radius 3 is 2.55 bits per heavy atom. The number of ether oxygens (including phenoxy) is 1. The predicted octanol–water partition coefficient (Wildman–Crippen LogP) is 3.05. The highest BCUT2D eigenvalue weighted by Gasteiger charge is 2.53. The normalized spacial score (nSPS) is 42.8. The molecule has 0 aromatic heterocycles. The summed E-state index contributed by atoms with van der Waals surface area (Å²) in [5.74, 6) is 0.286. The lowest BCUT2D eigenvalue weighted by Gasteiger charge is -2.29. The smallest absolute Gasteiger partial charge is 0.159 e. The lowest BCUT2D eigenvalue weighted by atomic mass is 9.84. The molecule has 1 aliphatic carbocycles. The van der Waals surface area contributed by atoms with Crippen LogP contribution in [-0.2, 0) is 9.53 Å². The van der Waals surface area contributed by atoms with E-state index >= 15 is 0 Å². The quantitative estimate of drug-likeness (QED) is 0.692. The number of carbonyl (C=O) groups excluding carboxylic acids is 1. The van der Waals surface area contributed by atoms with Gasteiger partial charge in [0.15, 0.2) is 5.78 Å². The number of fused-ring (bicyclic) bond motifs is 1. The summed E-state index contributed by atoms with van der Waals surface area (Å²) in [6.07, 6.45) is 7.26. The number of hydrogen-bond donors (Lipinski definition) is 0. The molecule has 0 aromatic carbocycles. The Hall–Kier alpha value is -0.670. The molecule has 3 nitrogen and oxygen atoms in total. The molecule has 0 saturated carbocycles. The van der Waals surface area contributed by atoms with Crippen molar-refractivity contribution >= 4 is 5.78 Å². The number of allylic oxidation sites excluding steroid dienone is 2. The van der Waals surface area contributed by atoms with Crippen molar-refractivity contribution in [3.05, 3.63) is 12.2 Å². The fourth-order valence-electron chi connectivity index (χ4n) is 3.35. The van der Waals surface area contributed by atoms with E-state index in [-0.39, 0.29) is 28.8 Å². The molecule has 3 heteroatoms. The molecule has 4 atom stereocenters. The first-order valence-corrected chi connectivity index (χ1v) is 7.72. The van der Waals surface area contributed by atoms with E-state index in [2.05, 4.69) is 52.8 Å². The van der Waals surface area contributed by atoms with Gasteiger partial charge >= 0.3 is 0 Å². The van der Waals surface area contributed by atoms with Crippen LogP contribution in [0, 0.1) is 11.3 Å². The van der Waals surface area contributed by atoms with Crippen molar-refractivity contribution < 1.29 is 9.53 Å². The van der Waals surface area contributed by atoms with Crippen molar-refractivity contribution in [2.75, 3.05) is 14.1 Å². The van der Waals surface area contributed by atoms with Gasteiger partial charge in [-0.1, -0.05) is 26.8 Å². The maximum absolute atomic E-state index is 12.4. The third-order valence-electron chi connectivity index (χ3n) is 5.07. The minimum absolute atomic E-state index is 0.0203.